The molecule has 21 heavy (non-hydrogen) atoms. The number of nitrogens with zero attached hydrogens (tertiary/aromatic N) is 2. The molecular weight excluding hydrogens is 258 g/mol. The maximum atomic E-state index is 6.16. The van der Waals surface area contributed by atoms with Crippen molar-refractivity contribution < 1.29 is 0 Å². The van der Waals surface area contributed by atoms with Gasteiger partial charge in [0, 0.05) is 12.2 Å². The van der Waals surface area contributed by atoms with E-state index in [-0.39, 0.29) is 0 Å². The molecule has 0 unspecified atom stereocenters. The van der Waals surface area contributed by atoms with Crippen LogP contribution in [0.5, 0.6) is 0 Å². The summed E-state index contributed by atoms with van der Waals surface area (Å²) in [6, 6.07) is 2.62. The summed E-state index contributed by atoms with van der Waals surface area (Å²) in [7, 11) is 0. The number of hydrogen-bond acceptors (Lipinski definition) is 2. The van der Waals surface area contributed by atoms with Crippen molar-refractivity contribution in [3.8, 4) is 0 Å². The number of unbranched alkanes of at least 4 members (excludes halogenated alkanes) is 1. The van der Waals surface area contributed by atoms with Gasteiger partial charge in [-0.05, 0) is 69.9 Å². The maximum absolute atomic E-state index is 6.16. The standard InChI is InChI=1S/C18H33N3/c1-4-5-6-16-7-10-18(14-19,11-8-16)13-17-9-12-21(20-17)15(2)3/h9,12,15-16H,4-8,10-11,13-14,19H2,1-3H3. The molecule has 120 valence electrons. The van der Waals surface area contributed by atoms with Crippen LogP contribution in [0.1, 0.15) is 77.5 Å². The van der Waals surface area contributed by atoms with E-state index in [1.54, 1.807) is 0 Å². The summed E-state index contributed by atoms with van der Waals surface area (Å²) in [5.41, 5.74) is 7.69. The van der Waals surface area contributed by atoms with E-state index in [1.165, 1.54) is 50.6 Å². The molecule has 0 spiro atoms. The maximum Gasteiger partial charge on any atom is 0.0630 e. The van der Waals surface area contributed by atoms with E-state index in [2.05, 4.69) is 37.7 Å². The Kier molecular flexibility index (Phi) is 5.86. The second-order valence-corrected chi connectivity index (χ2v) is 7.35. The van der Waals surface area contributed by atoms with Gasteiger partial charge in [0.1, 0.15) is 0 Å². The smallest absolute Gasteiger partial charge is 0.0630 e. The van der Waals surface area contributed by atoms with Crippen LogP contribution in [0.15, 0.2) is 12.3 Å². The van der Waals surface area contributed by atoms with Crippen molar-refractivity contribution in [1.29, 1.82) is 0 Å². The summed E-state index contributed by atoms with van der Waals surface area (Å²) < 4.78 is 2.06. The average molecular weight is 291 g/mol. The summed E-state index contributed by atoms with van der Waals surface area (Å²) in [5, 5.41) is 4.73. The van der Waals surface area contributed by atoms with Crippen LogP contribution in [-0.2, 0) is 6.42 Å². The Morgan fingerprint density at radius 3 is 2.62 bits per heavy atom. The molecule has 1 aromatic heterocycles. The molecule has 1 fully saturated rings. The van der Waals surface area contributed by atoms with Gasteiger partial charge in [-0.1, -0.05) is 26.2 Å². The van der Waals surface area contributed by atoms with Gasteiger partial charge in [-0.2, -0.15) is 5.10 Å². The van der Waals surface area contributed by atoms with Crippen molar-refractivity contribution in [2.45, 2.75) is 78.2 Å². The summed E-state index contributed by atoms with van der Waals surface area (Å²) >= 11 is 0. The van der Waals surface area contributed by atoms with Gasteiger partial charge < -0.3 is 5.73 Å². The molecule has 0 aliphatic heterocycles. The predicted molar refractivity (Wildman–Crippen MR) is 89.3 cm³/mol. The molecule has 0 radical (unpaired) electrons. The number of nitrogens with two attached hydrogens (primary N) is 1. The molecular formula is C18H33N3. The highest BCUT2D eigenvalue weighted by molar-refractivity contribution is 5.05. The van der Waals surface area contributed by atoms with E-state index in [9.17, 15) is 0 Å². The second-order valence-electron chi connectivity index (χ2n) is 7.35. The minimum atomic E-state index is 0.304. The first-order valence-electron chi connectivity index (χ1n) is 8.82. The van der Waals surface area contributed by atoms with Crippen LogP contribution in [0.4, 0.5) is 0 Å². The molecule has 2 rings (SSSR count). The summed E-state index contributed by atoms with van der Waals surface area (Å²) in [5.74, 6) is 0.942. The zero-order valence-electron chi connectivity index (χ0n) is 14.1. The lowest BCUT2D eigenvalue weighted by atomic mass is 9.67. The molecule has 0 bridgehead atoms. The zero-order valence-corrected chi connectivity index (χ0v) is 14.1. The first kappa shape index (κ1) is 16.5. The van der Waals surface area contributed by atoms with Crippen LogP contribution in [0.2, 0.25) is 0 Å². The molecule has 0 atom stereocenters. The first-order valence-corrected chi connectivity index (χ1v) is 8.82. The van der Waals surface area contributed by atoms with Crippen LogP contribution < -0.4 is 5.73 Å². The third-order valence-corrected chi connectivity index (χ3v) is 5.31. The molecule has 3 heteroatoms. The molecule has 1 aromatic rings. The number of aromatic nitrogens is 2. The SMILES string of the molecule is CCCCC1CCC(CN)(Cc2ccn(C(C)C)n2)CC1. The van der Waals surface area contributed by atoms with Crippen molar-refractivity contribution >= 4 is 0 Å². The molecule has 0 amide bonds. The lowest BCUT2D eigenvalue weighted by molar-refractivity contribution is 0.148. The topological polar surface area (TPSA) is 43.8 Å². The van der Waals surface area contributed by atoms with Crippen molar-refractivity contribution in [2.75, 3.05) is 6.54 Å². The van der Waals surface area contributed by atoms with E-state index >= 15 is 0 Å². The largest absolute Gasteiger partial charge is 0.330 e. The Hall–Kier alpha value is -0.830. The van der Waals surface area contributed by atoms with Gasteiger partial charge in [0.25, 0.3) is 0 Å². The fraction of sp³-hybridized carbons (Fsp3) is 0.833. The van der Waals surface area contributed by atoms with Crippen LogP contribution in [0.25, 0.3) is 0 Å². The van der Waals surface area contributed by atoms with Gasteiger partial charge in [-0.25, -0.2) is 0 Å². The van der Waals surface area contributed by atoms with Crippen molar-refractivity contribution in [1.82, 2.24) is 9.78 Å². The monoisotopic (exact) mass is 291 g/mol. The van der Waals surface area contributed by atoms with Gasteiger partial charge in [0.15, 0.2) is 0 Å². The third-order valence-electron chi connectivity index (χ3n) is 5.31. The highest BCUT2D eigenvalue weighted by atomic mass is 15.3. The number of hydrogen-bond donors (Lipinski definition) is 1. The van der Waals surface area contributed by atoms with Crippen molar-refractivity contribution in [3.63, 3.8) is 0 Å². The second kappa shape index (κ2) is 7.44. The lowest BCUT2D eigenvalue weighted by Crippen LogP contribution is -2.37. The van der Waals surface area contributed by atoms with E-state index < -0.39 is 0 Å². The van der Waals surface area contributed by atoms with E-state index in [0.29, 0.717) is 11.5 Å². The van der Waals surface area contributed by atoms with E-state index in [1.807, 2.05) is 0 Å². The normalized spacial score (nSPS) is 26.4. The Morgan fingerprint density at radius 2 is 2.10 bits per heavy atom. The highest BCUT2D eigenvalue weighted by Crippen LogP contribution is 2.42. The van der Waals surface area contributed by atoms with Gasteiger partial charge in [0.2, 0.25) is 0 Å². The first-order chi connectivity index (χ1) is 10.1. The predicted octanol–water partition coefficient (Wildman–Crippen LogP) is 4.33. The van der Waals surface area contributed by atoms with Crippen molar-refractivity contribution in [3.05, 3.63) is 18.0 Å². The quantitative estimate of drug-likeness (QED) is 0.812. The number of rotatable bonds is 7. The van der Waals surface area contributed by atoms with E-state index in [0.717, 1.165) is 18.9 Å². The molecule has 1 heterocycles. The van der Waals surface area contributed by atoms with Crippen LogP contribution in [-0.4, -0.2) is 16.3 Å². The Morgan fingerprint density at radius 1 is 1.38 bits per heavy atom. The Labute approximate surface area is 130 Å². The van der Waals surface area contributed by atoms with Gasteiger partial charge >= 0.3 is 0 Å². The average Bonchev–Trinajstić information content (AvgIpc) is 2.95. The van der Waals surface area contributed by atoms with Crippen molar-refractivity contribution in [2.24, 2.45) is 17.1 Å². The van der Waals surface area contributed by atoms with E-state index in [4.69, 9.17) is 10.8 Å². The van der Waals surface area contributed by atoms with Crippen LogP contribution in [0.3, 0.4) is 0 Å². The molecule has 1 aliphatic carbocycles. The molecule has 1 aliphatic rings. The van der Waals surface area contributed by atoms with Gasteiger partial charge in [-0.3, -0.25) is 4.68 Å². The fourth-order valence-electron chi connectivity index (χ4n) is 3.67. The summed E-state index contributed by atoms with van der Waals surface area (Å²) in [6.45, 7) is 7.45. The third kappa shape index (κ3) is 4.32. The fourth-order valence-corrected chi connectivity index (χ4v) is 3.67. The lowest BCUT2D eigenvalue weighted by Gasteiger charge is -2.39. The van der Waals surface area contributed by atoms with Gasteiger partial charge in [0.05, 0.1) is 5.69 Å². The summed E-state index contributed by atoms with van der Waals surface area (Å²) in [6.07, 6.45) is 12.6. The minimum absolute atomic E-state index is 0.304. The Balaban J connectivity index is 1.93. The Bertz CT molecular complexity index is 414. The minimum Gasteiger partial charge on any atom is -0.330 e. The molecule has 0 aromatic carbocycles. The highest BCUT2D eigenvalue weighted by Gasteiger charge is 2.34. The van der Waals surface area contributed by atoms with Gasteiger partial charge in [-0.15, -0.1) is 0 Å². The van der Waals surface area contributed by atoms with Crippen LogP contribution >= 0.6 is 0 Å². The summed E-state index contributed by atoms with van der Waals surface area (Å²) in [4.78, 5) is 0. The zero-order chi connectivity index (χ0) is 15.3. The van der Waals surface area contributed by atoms with Crippen LogP contribution in [0, 0.1) is 11.3 Å². The molecule has 1 saturated carbocycles. The molecule has 2 N–H and O–H groups in total. The molecule has 0 saturated heterocycles. The molecule has 3 nitrogen and oxygen atoms in total.